The summed E-state index contributed by atoms with van der Waals surface area (Å²) in [6.07, 6.45) is 4.87. The van der Waals surface area contributed by atoms with Crippen molar-refractivity contribution in [3.05, 3.63) is 0 Å². The number of carbonyl (C=O) groups excluding carboxylic acids is 1. The van der Waals surface area contributed by atoms with Crippen molar-refractivity contribution in [2.75, 3.05) is 26.1 Å². The van der Waals surface area contributed by atoms with Crippen LogP contribution in [0.15, 0.2) is 0 Å². The van der Waals surface area contributed by atoms with Crippen molar-refractivity contribution < 1.29 is 9.53 Å². The number of alkyl halides is 1. The van der Waals surface area contributed by atoms with Gasteiger partial charge in [-0.2, -0.15) is 0 Å². The molecule has 0 bridgehead atoms. The molecule has 88 valence electrons. The lowest BCUT2D eigenvalue weighted by atomic mass is 10.2. The van der Waals surface area contributed by atoms with Gasteiger partial charge in [-0.25, -0.2) is 0 Å². The van der Waals surface area contributed by atoms with Gasteiger partial charge in [0.25, 0.3) is 0 Å². The average molecular weight is 234 g/mol. The van der Waals surface area contributed by atoms with Crippen molar-refractivity contribution >= 4 is 17.5 Å². The summed E-state index contributed by atoms with van der Waals surface area (Å²) in [6.45, 7) is 1.58. The first kappa shape index (κ1) is 12.8. The molecule has 0 spiro atoms. The molecule has 0 N–H and O–H groups in total. The summed E-state index contributed by atoms with van der Waals surface area (Å²) in [5.74, 6) is 0.846. The minimum Gasteiger partial charge on any atom is -0.376 e. The van der Waals surface area contributed by atoms with E-state index in [9.17, 15) is 4.79 Å². The van der Waals surface area contributed by atoms with Crippen LogP contribution in [0.3, 0.4) is 0 Å². The number of unbranched alkanes of at least 4 members (excludes halogenated alkanes) is 1. The van der Waals surface area contributed by atoms with Crippen molar-refractivity contribution in [2.24, 2.45) is 0 Å². The fraction of sp³-hybridized carbons (Fsp3) is 0.909. The zero-order valence-electron chi connectivity index (χ0n) is 9.38. The predicted molar refractivity (Wildman–Crippen MR) is 61.2 cm³/mol. The lowest BCUT2D eigenvalue weighted by Gasteiger charge is -2.20. The summed E-state index contributed by atoms with van der Waals surface area (Å²) in [6, 6.07) is 0. The van der Waals surface area contributed by atoms with E-state index in [4.69, 9.17) is 16.3 Å². The Morgan fingerprint density at radius 1 is 1.53 bits per heavy atom. The zero-order chi connectivity index (χ0) is 11.1. The molecule has 1 saturated heterocycles. The van der Waals surface area contributed by atoms with E-state index in [1.54, 1.807) is 4.90 Å². The standard InChI is InChI=1S/C11H20ClNO2/c1-13(9-10-5-4-8-15-10)11(14)6-2-3-7-12/h10H,2-9H2,1H3. The number of hydrogen-bond acceptors (Lipinski definition) is 2. The first-order valence-electron chi connectivity index (χ1n) is 5.65. The van der Waals surface area contributed by atoms with Crippen LogP contribution >= 0.6 is 11.6 Å². The number of nitrogens with zero attached hydrogens (tertiary/aromatic N) is 1. The normalized spacial score (nSPS) is 20.5. The Labute approximate surface area is 96.7 Å². The molecule has 1 unspecified atom stereocenters. The van der Waals surface area contributed by atoms with Gasteiger partial charge in [0.1, 0.15) is 0 Å². The third-order valence-corrected chi connectivity index (χ3v) is 2.97. The van der Waals surface area contributed by atoms with Crippen LogP contribution in [-0.4, -0.2) is 43.0 Å². The fourth-order valence-corrected chi connectivity index (χ4v) is 1.95. The molecule has 1 amide bonds. The van der Waals surface area contributed by atoms with Gasteiger partial charge in [0.05, 0.1) is 6.10 Å². The minimum absolute atomic E-state index is 0.204. The van der Waals surface area contributed by atoms with Crippen LogP contribution in [0.2, 0.25) is 0 Å². The second kappa shape index (κ2) is 7.07. The van der Waals surface area contributed by atoms with Crippen molar-refractivity contribution in [1.29, 1.82) is 0 Å². The highest BCUT2D eigenvalue weighted by Gasteiger charge is 2.19. The number of rotatable bonds is 6. The molecule has 3 nitrogen and oxygen atoms in total. The number of ether oxygens (including phenoxy) is 1. The summed E-state index contributed by atoms with van der Waals surface area (Å²) in [7, 11) is 1.85. The molecule has 4 heteroatoms. The van der Waals surface area contributed by atoms with E-state index in [1.807, 2.05) is 7.05 Å². The first-order valence-corrected chi connectivity index (χ1v) is 6.19. The molecular formula is C11H20ClNO2. The van der Waals surface area contributed by atoms with E-state index in [0.29, 0.717) is 12.3 Å². The fourth-order valence-electron chi connectivity index (χ4n) is 1.76. The molecule has 1 aliphatic heterocycles. The Balaban J connectivity index is 2.14. The van der Waals surface area contributed by atoms with Crippen LogP contribution in [0.5, 0.6) is 0 Å². The van der Waals surface area contributed by atoms with Gasteiger partial charge in [0.15, 0.2) is 0 Å². The molecule has 15 heavy (non-hydrogen) atoms. The van der Waals surface area contributed by atoms with Gasteiger partial charge in [-0.1, -0.05) is 0 Å². The molecular weight excluding hydrogens is 214 g/mol. The quantitative estimate of drug-likeness (QED) is 0.519. The van der Waals surface area contributed by atoms with Crippen LogP contribution < -0.4 is 0 Å². The maximum atomic E-state index is 11.6. The molecule has 1 heterocycles. The largest absolute Gasteiger partial charge is 0.376 e. The summed E-state index contributed by atoms with van der Waals surface area (Å²) < 4.78 is 5.48. The van der Waals surface area contributed by atoms with Crippen molar-refractivity contribution in [3.8, 4) is 0 Å². The van der Waals surface area contributed by atoms with E-state index in [1.165, 1.54) is 0 Å². The second-order valence-electron chi connectivity index (χ2n) is 4.06. The third-order valence-electron chi connectivity index (χ3n) is 2.70. The summed E-state index contributed by atoms with van der Waals surface area (Å²) in [4.78, 5) is 13.4. The molecule has 0 aromatic carbocycles. The van der Waals surface area contributed by atoms with Crippen molar-refractivity contribution in [3.63, 3.8) is 0 Å². The van der Waals surface area contributed by atoms with E-state index >= 15 is 0 Å². The van der Waals surface area contributed by atoms with E-state index in [0.717, 1.165) is 38.8 Å². The zero-order valence-corrected chi connectivity index (χ0v) is 10.1. The molecule has 1 atom stereocenters. The molecule has 1 aliphatic rings. The molecule has 0 aliphatic carbocycles. The summed E-state index contributed by atoms with van der Waals surface area (Å²) >= 11 is 5.56. The molecule has 0 saturated carbocycles. The average Bonchev–Trinajstić information content (AvgIpc) is 2.70. The topological polar surface area (TPSA) is 29.5 Å². The molecule has 0 aromatic rings. The monoisotopic (exact) mass is 233 g/mol. The van der Waals surface area contributed by atoms with E-state index in [-0.39, 0.29) is 12.0 Å². The lowest BCUT2D eigenvalue weighted by Crippen LogP contribution is -2.33. The van der Waals surface area contributed by atoms with Crippen LogP contribution in [0.4, 0.5) is 0 Å². The van der Waals surface area contributed by atoms with Gasteiger partial charge in [-0.05, 0) is 25.7 Å². The van der Waals surface area contributed by atoms with Gasteiger partial charge in [0, 0.05) is 32.5 Å². The number of carbonyl (C=O) groups is 1. The van der Waals surface area contributed by atoms with Gasteiger partial charge < -0.3 is 9.64 Å². The summed E-state index contributed by atoms with van der Waals surface area (Å²) in [5, 5.41) is 0. The highest BCUT2D eigenvalue weighted by atomic mass is 35.5. The van der Waals surface area contributed by atoms with Crippen LogP contribution in [0, 0.1) is 0 Å². The van der Waals surface area contributed by atoms with E-state index in [2.05, 4.69) is 0 Å². The molecule has 0 aromatic heterocycles. The highest BCUT2D eigenvalue weighted by Crippen LogP contribution is 2.13. The third kappa shape index (κ3) is 4.85. The predicted octanol–water partition coefficient (Wildman–Crippen LogP) is 2.03. The van der Waals surface area contributed by atoms with Crippen molar-refractivity contribution in [1.82, 2.24) is 4.90 Å². The number of hydrogen-bond donors (Lipinski definition) is 0. The Morgan fingerprint density at radius 2 is 2.33 bits per heavy atom. The second-order valence-corrected chi connectivity index (χ2v) is 4.43. The van der Waals surface area contributed by atoms with Crippen LogP contribution in [-0.2, 0) is 9.53 Å². The molecule has 1 fully saturated rings. The SMILES string of the molecule is CN(CC1CCCO1)C(=O)CCCCCl. The van der Waals surface area contributed by atoms with Crippen molar-refractivity contribution in [2.45, 2.75) is 38.2 Å². The van der Waals surface area contributed by atoms with Crippen LogP contribution in [0.25, 0.3) is 0 Å². The van der Waals surface area contributed by atoms with Gasteiger partial charge in [0.2, 0.25) is 5.91 Å². The number of halogens is 1. The number of likely N-dealkylation sites (N-methyl/N-ethyl adjacent to an activating group) is 1. The first-order chi connectivity index (χ1) is 7.24. The molecule has 0 radical (unpaired) electrons. The maximum absolute atomic E-state index is 11.6. The van der Waals surface area contributed by atoms with Gasteiger partial charge >= 0.3 is 0 Å². The minimum atomic E-state index is 0.204. The van der Waals surface area contributed by atoms with Gasteiger partial charge in [-0.15, -0.1) is 11.6 Å². The number of amides is 1. The Morgan fingerprint density at radius 3 is 2.93 bits per heavy atom. The Kier molecular flexibility index (Phi) is 6.03. The molecule has 1 rings (SSSR count). The van der Waals surface area contributed by atoms with Gasteiger partial charge in [-0.3, -0.25) is 4.79 Å². The Hall–Kier alpha value is -0.280. The lowest BCUT2D eigenvalue weighted by molar-refractivity contribution is -0.131. The smallest absolute Gasteiger partial charge is 0.222 e. The maximum Gasteiger partial charge on any atom is 0.222 e. The highest BCUT2D eigenvalue weighted by molar-refractivity contribution is 6.17. The summed E-state index contributed by atoms with van der Waals surface area (Å²) in [5.41, 5.74) is 0. The van der Waals surface area contributed by atoms with E-state index < -0.39 is 0 Å². The Bertz CT molecular complexity index is 193. The van der Waals surface area contributed by atoms with Crippen LogP contribution in [0.1, 0.15) is 32.1 Å².